The van der Waals surface area contributed by atoms with Gasteiger partial charge in [0.25, 0.3) is 0 Å². The smallest absolute Gasteiger partial charge is 0.128 e. The number of nitrogens with one attached hydrogen (secondary N) is 1. The van der Waals surface area contributed by atoms with Crippen LogP contribution in [0.4, 0.5) is 4.39 Å². The number of hydrogen-bond acceptors (Lipinski definition) is 2. The van der Waals surface area contributed by atoms with Crippen LogP contribution in [0.15, 0.2) is 34.8 Å². The Balaban J connectivity index is 2.03. The maximum atomic E-state index is 13.7. The number of halogens is 2. The molecule has 0 spiro atoms. The topological polar surface area (TPSA) is 12.0 Å². The van der Waals surface area contributed by atoms with Crippen molar-refractivity contribution >= 4 is 27.3 Å². The maximum absolute atomic E-state index is 13.7. The van der Waals surface area contributed by atoms with E-state index in [2.05, 4.69) is 40.3 Å². The lowest BCUT2D eigenvalue weighted by molar-refractivity contribution is 0.530. The summed E-state index contributed by atoms with van der Waals surface area (Å²) >= 11 is 5.14. The summed E-state index contributed by atoms with van der Waals surface area (Å²) in [6.45, 7) is 4.84. The van der Waals surface area contributed by atoms with Crippen LogP contribution in [0.5, 0.6) is 0 Å². The molecule has 0 bridgehead atoms. The maximum Gasteiger partial charge on any atom is 0.128 e. The predicted octanol–water partition coefficient (Wildman–Crippen LogP) is 4.81. The van der Waals surface area contributed by atoms with Gasteiger partial charge in [0, 0.05) is 32.4 Å². The van der Waals surface area contributed by atoms with Crippen molar-refractivity contribution in [2.45, 2.75) is 26.4 Å². The standard InChI is InChI=1S/C14H15BrFNS/c1-9-3-5-12(18-9)8-17-10(2)13-7-11(15)4-6-14(13)16/h3-7,10,17H,8H2,1-2H3. The van der Waals surface area contributed by atoms with Gasteiger partial charge in [0.05, 0.1) is 0 Å². The van der Waals surface area contributed by atoms with E-state index in [1.165, 1.54) is 15.8 Å². The van der Waals surface area contributed by atoms with Crippen LogP contribution in [0, 0.1) is 12.7 Å². The molecule has 2 aromatic rings. The van der Waals surface area contributed by atoms with Crippen LogP contribution < -0.4 is 5.32 Å². The molecule has 1 N–H and O–H groups in total. The molecular weight excluding hydrogens is 313 g/mol. The molecule has 0 amide bonds. The van der Waals surface area contributed by atoms with Crippen molar-refractivity contribution < 1.29 is 4.39 Å². The van der Waals surface area contributed by atoms with Crippen LogP contribution in [0.25, 0.3) is 0 Å². The van der Waals surface area contributed by atoms with Gasteiger partial charge in [-0.1, -0.05) is 15.9 Å². The van der Waals surface area contributed by atoms with Crippen LogP contribution in [-0.2, 0) is 6.54 Å². The number of rotatable bonds is 4. The Morgan fingerprint density at radius 3 is 2.78 bits per heavy atom. The highest BCUT2D eigenvalue weighted by Gasteiger charge is 2.11. The van der Waals surface area contributed by atoms with E-state index in [1.54, 1.807) is 17.4 Å². The molecule has 1 heterocycles. The summed E-state index contributed by atoms with van der Waals surface area (Å²) in [7, 11) is 0. The molecule has 0 aliphatic rings. The fraction of sp³-hybridized carbons (Fsp3) is 0.286. The van der Waals surface area contributed by atoms with Gasteiger partial charge in [0.1, 0.15) is 5.82 Å². The van der Waals surface area contributed by atoms with E-state index in [-0.39, 0.29) is 11.9 Å². The molecule has 0 aliphatic heterocycles. The summed E-state index contributed by atoms with van der Waals surface area (Å²) in [4.78, 5) is 2.57. The molecule has 96 valence electrons. The van der Waals surface area contributed by atoms with Crippen molar-refractivity contribution in [3.8, 4) is 0 Å². The molecular formula is C14H15BrFNS. The van der Waals surface area contributed by atoms with Crippen molar-refractivity contribution in [2.24, 2.45) is 0 Å². The Morgan fingerprint density at radius 1 is 1.33 bits per heavy atom. The van der Waals surface area contributed by atoms with Crippen molar-refractivity contribution in [3.05, 3.63) is 55.9 Å². The molecule has 0 saturated heterocycles. The van der Waals surface area contributed by atoms with E-state index in [1.807, 2.05) is 13.0 Å². The predicted molar refractivity (Wildman–Crippen MR) is 78.4 cm³/mol. The molecule has 1 aromatic carbocycles. The van der Waals surface area contributed by atoms with Gasteiger partial charge in [-0.05, 0) is 44.2 Å². The Labute approximate surface area is 119 Å². The van der Waals surface area contributed by atoms with E-state index in [4.69, 9.17) is 0 Å². The van der Waals surface area contributed by atoms with Crippen LogP contribution in [-0.4, -0.2) is 0 Å². The van der Waals surface area contributed by atoms with Crippen LogP contribution in [0.1, 0.15) is 28.3 Å². The molecule has 1 unspecified atom stereocenters. The molecule has 0 saturated carbocycles. The average molecular weight is 328 g/mol. The normalized spacial score (nSPS) is 12.7. The molecule has 2 rings (SSSR count). The molecule has 0 radical (unpaired) electrons. The van der Waals surface area contributed by atoms with Gasteiger partial charge in [0.2, 0.25) is 0 Å². The van der Waals surface area contributed by atoms with E-state index >= 15 is 0 Å². The van der Waals surface area contributed by atoms with Crippen LogP contribution in [0.2, 0.25) is 0 Å². The van der Waals surface area contributed by atoms with Crippen molar-refractivity contribution in [2.75, 3.05) is 0 Å². The third-order valence-electron chi connectivity index (χ3n) is 2.80. The fourth-order valence-electron chi connectivity index (χ4n) is 1.79. The highest BCUT2D eigenvalue weighted by Crippen LogP contribution is 2.22. The molecule has 0 fully saturated rings. The lowest BCUT2D eigenvalue weighted by Gasteiger charge is -2.14. The monoisotopic (exact) mass is 327 g/mol. The second kappa shape index (κ2) is 5.95. The lowest BCUT2D eigenvalue weighted by atomic mass is 10.1. The summed E-state index contributed by atoms with van der Waals surface area (Å²) in [5.41, 5.74) is 0.692. The molecule has 1 aromatic heterocycles. The first kappa shape index (κ1) is 13.7. The van der Waals surface area contributed by atoms with Gasteiger partial charge in [-0.25, -0.2) is 4.39 Å². The largest absolute Gasteiger partial charge is 0.305 e. The second-order valence-electron chi connectivity index (χ2n) is 4.28. The molecule has 18 heavy (non-hydrogen) atoms. The first-order chi connectivity index (χ1) is 8.56. The van der Waals surface area contributed by atoms with Crippen molar-refractivity contribution in [1.29, 1.82) is 0 Å². The summed E-state index contributed by atoms with van der Waals surface area (Å²) in [6, 6.07) is 9.24. The molecule has 1 nitrogen and oxygen atoms in total. The van der Waals surface area contributed by atoms with Gasteiger partial charge in [-0.3, -0.25) is 0 Å². The zero-order valence-electron chi connectivity index (χ0n) is 10.3. The zero-order chi connectivity index (χ0) is 13.1. The first-order valence-corrected chi connectivity index (χ1v) is 7.41. The van der Waals surface area contributed by atoms with Gasteiger partial charge < -0.3 is 5.32 Å². The minimum Gasteiger partial charge on any atom is -0.305 e. The minimum atomic E-state index is -0.166. The number of aryl methyl sites for hydroxylation is 1. The van der Waals surface area contributed by atoms with Gasteiger partial charge in [-0.15, -0.1) is 11.3 Å². The summed E-state index contributed by atoms with van der Waals surface area (Å²) in [5, 5.41) is 3.35. The highest BCUT2D eigenvalue weighted by molar-refractivity contribution is 9.10. The summed E-state index contributed by atoms with van der Waals surface area (Å²) in [5.74, 6) is -0.166. The Kier molecular flexibility index (Phi) is 4.54. The average Bonchev–Trinajstić information content (AvgIpc) is 2.75. The van der Waals surface area contributed by atoms with Gasteiger partial charge >= 0.3 is 0 Å². The van der Waals surface area contributed by atoms with Gasteiger partial charge in [0.15, 0.2) is 0 Å². The van der Waals surface area contributed by atoms with Crippen LogP contribution in [0.3, 0.4) is 0 Å². The lowest BCUT2D eigenvalue weighted by Crippen LogP contribution is -2.18. The third kappa shape index (κ3) is 3.40. The Morgan fingerprint density at radius 2 is 2.11 bits per heavy atom. The number of benzene rings is 1. The van der Waals surface area contributed by atoms with E-state index in [0.717, 1.165) is 11.0 Å². The van der Waals surface area contributed by atoms with Crippen LogP contribution >= 0.6 is 27.3 Å². The number of thiophene rings is 1. The summed E-state index contributed by atoms with van der Waals surface area (Å²) < 4.78 is 14.6. The van der Waals surface area contributed by atoms with Gasteiger partial charge in [-0.2, -0.15) is 0 Å². The molecule has 4 heteroatoms. The van der Waals surface area contributed by atoms with Crippen molar-refractivity contribution in [1.82, 2.24) is 5.32 Å². The first-order valence-electron chi connectivity index (χ1n) is 5.80. The fourth-order valence-corrected chi connectivity index (χ4v) is 3.01. The zero-order valence-corrected chi connectivity index (χ0v) is 12.7. The second-order valence-corrected chi connectivity index (χ2v) is 6.57. The SMILES string of the molecule is Cc1ccc(CNC(C)c2cc(Br)ccc2F)s1. The van der Waals surface area contributed by atoms with Crippen molar-refractivity contribution in [3.63, 3.8) is 0 Å². The molecule has 1 atom stereocenters. The highest BCUT2D eigenvalue weighted by atomic mass is 79.9. The summed E-state index contributed by atoms with van der Waals surface area (Å²) in [6.07, 6.45) is 0. The quantitative estimate of drug-likeness (QED) is 0.849. The minimum absolute atomic E-state index is 0.00935. The molecule has 0 aliphatic carbocycles. The Bertz CT molecular complexity index is 538. The van der Waals surface area contributed by atoms with E-state index in [9.17, 15) is 4.39 Å². The third-order valence-corrected chi connectivity index (χ3v) is 4.30. The Hall–Kier alpha value is -0.710. The number of hydrogen-bond donors (Lipinski definition) is 1. The van der Waals surface area contributed by atoms with E-state index in [0.29, 0.717) is 5.56 Å². The van der Waals surface area contributed by atoms with E-state index < -0.39 is 0 Å².